The van der Waals surface area contributed by atoms with Gasteiger partial charge in [-0.3, -0.25) is 9.36 Å². The first-order valence-corrected chi connectivity index (χ1v) is 10.0. The highest BCUT2D eigenvalue weighted by molar-refractivity contribution is 6.10. The predicted molar refractivity (Wildman–Crippen MR) is 128 cm³/mol. The van der Waals surface area contributed by atoms with Crippen LogP contribution in [0.1, 0.15) is 11.7 Å². The molecular weight excluding hydrogens is 422 g/mol. The van der Waals surface area contributed by atoms with Crippen molar-refractivity contribution >= 4 is 46.2 Å². The SMILES string of the molecule is CC(=O)n1c2ccccc2c2nn3c(-c4ccccc4)c(-c4ccccc4)nc3nc21.Cl. The summed E-state index contributed by atoms with van der Waals surface area (Å²) in [6.07, 6.45) is 0. The fraction of sp³-hybridized carbons (Fsp3) is 0.0400. The van der Waals surface area contributed by atoms with Crippen LogP contribution in [0.25, 0.3) is 50.4 Å². The maximum absolute atomic E-state index is 12.5. The zero-order valence-electron chi connectivity index (χ0n) is 17.1. The molecule has 0 aliphatic rings. The maximum Gasteiger partial charge on any atom is 0.253 e. The molecule has 0 amide bonds. The fourth-order valence-electron chi connectivity index (χ4n) is 4.14. The van der Waals surface area contributed by atoms with E-state index in [4.69, 9.17) is 15.1 Å². The summed E-state index contributed by atoms with van der Waals surface area (Å²) < 4.78 is 3.40. The molecule has 3 aromatic heterocycles. The van der Waals surface area contributed by atoms with Crippen molar-refractivity contribution in [3.05, 3.63) is 84.9 Å². The van der Waals surface area contributed by atoms with E-state index in [1.165, 1.54) is 6.92 Å². The lowest BCUT2D eigenvalue weighted by Crippen LogP contribution is -2.07. The molecule has 6 rings (SSSR count). The van der Waals surface area contributed by atoms with E-state index in [0.717, 1.165) is 33.4 Å². The lowest BCUT2D eigenvalue weighted by molar-refractivity contribution is 0.0946. The van der Waals surface area contributed by atoms with Crippen molar-refractivity contribution in [3.8, 4) is 22.5 Å². The second-order valence-electron chi connectivity index (χ2n) is 7.41. The van der Waals surface area contributed by atoms with Crippen molar-refractivity contribution < 1.29 is 4.79 Å². The first kappa shape index (κ1) is 19.9. The smallest absolute Gasteiger partial charge is 0.253 e. The van der Waals surface area contributed by atoms with Crippen LogP contribution in [0, 0.1) is 0 Å². The summed E-state index contributed by atoms with van der Waals surface area (Å²) in [5.41, 5.74) is 5.64. The molecular formula is C25H18ClN5O. The standard InChI is InChI=1S/C25H17N5O.ClH/c1-16(31)29-20-15-9-8-14-19(20)22-24(29)27-25-26-21(17-10-4-2-5-11-17)23(30(25)28-22)18-12-6-3-7-13-18;/h2-15H,1H3;1H. The van der Waals surface area contributed by atoms with E-state index < -0.39 is 0 Å². The molecule has 0 atom stereocenters. The van der Waals surface area contributed by atoms with Crippen LogP contribution < -0.4 is 0 Å². The molecule has 0 unspecified atom stereocenters. The molecule has 6 aromatic rings. The minimum absolute atomic E-state index is 0. The van der Waals surface area contributed by atoms with Gasteiger partial charge in [0.25, 0.3) is 5.78 Å². The fourth-order valence-corrected chi connectivity index (χ4v) is 4.14. The van der Waals surface area contributed by atoms with E-state index in [1.807, 2.05) is 84.9 Å². The molecule has 32 heavy (non-hydrogen) atoms. The Hall–Kier alpha value is -4.03. The summed E-state index contributed by atoms with van der Waals surface area (Å²) in [5, 5.41) is 5.84. The van der Waals surface area contributed by atoms with E-state index in [0.29, 0.717) is 16.9 Å². The Morgan fingerprint density at radius 3 is 2.09 bits per heavy atom. The van der Waals surface area contributed by atoms with Gasteiger partial charge < -0.3 is 0 Å². The number of fused-ring (bicyclic) bond motifs is 4. The summed E-state index contributed by atoms with van der Waals surface area (Å²) in [6.45, 7) is 1.54. The topological polar surface area (TPSA) is 65.1 Å². The number of benzene rings is 3. The lowest BCUT2D eigenvalue weighted by atomic mass is 10.1. The molecule has 6 nitrogen and oxygen atoms in total. The molecule has 0 saturated carbocycles. The van der Waals surface area contributed by atoms with Gasteiger partial charge in [0.1, 0.15) is 16.9 Å². The molecule has 3 aromatic carbocycles. The van der Waals surface area contributed by atoms with Crippen molar-refractivity contribution in [1.82, 2.24) is 24.1 Å². The number of nitrogens with zero attached hydrogens (tertiary/aromatic N) is 5. The van der Waals surface area contributed by atoms with Crippen molar-refractivity contribution in [2.75, 3.05) is 0 Å². The van der Waals surface area contributed by atoms with E-state index in [-0.39, 0.29) is 18.3 Å². The summed E-state index contributed by atoms with van der Waals surface area (Å²) >= 11 is 0. The third-order valence-electron chi connectivity index (χ3n) is 5.48. The number of carbonyl (C=O) groups excluding carboxylic acids is 1. The number of carbonyl (C=O) groups is 1. The van der Waals surface area contributed by atoms with Crippen LogP contribution in [0.15, 0.2) is 84.9 Å². The Kier molecular flexibility index (Phi) is 4.72. The van der Waals surface area contributed by atoms with Crippen molar-refractivity contribution in [3.63, 3.8) is 0 Å². The van der Waals surface area contributed by atoms with Crippen LogP contribution >= 0.6 is 12.4 Å². The molecule has 0 bridgehead atoms. The number of halogens is 1. The highest BCUT2D eigenvalue weighted by Crippen LogP contribution is 2.33. The Morgan fingerprint density at radius 1 is 0.781 bits per heavy atom. The molecule has 0 radical (unpaired) electrons. The quantitative estimate of drug-likeness (QED) is 0.350. The number of hydrogen-bond donors (Lipinski definition) is 0. The van der Waals surface area contributed by atoms with Crippen LogP contribution in [-0.2, 0) is 0 Å². The van der Waals surface area contributed by atoms with Crippen LogP contribution in [-0.4, -0.2) is 30.1 Å². The number of aromatic nitrogens is 5. The van der Waals surface area contributed by atoms with Gasteiger partial charge in [-0.1, -0.05) is 78.9 Å². The van der Waals surface area contributed by atoms with E-state index in [1.54, 1.807) is 9.08 Å². The minimum atomic E-state index is -0.108. The Labute approximate surface area is 189 Å². The van der Waals surface area contributed by atoms with Crippen molar-refractivity contribution in [2.24, 2.45) is 0 Å². The molecule has 0 saturated heterocycles. The largest absolute Gasteiger partial charge is 0.274 e. The summed E-state index contributed by atoms with van der Waals surface area (Å²) in [5.74, 6) is 0.346. The molecule has 0 aliphatic carbocycles. The van der Waals surface area contributed by atoms with E-state index >= 15 is 0 Å². The van der Waals surface area contributed by atoms with Crippen molar-refractivity contribution in [2.45, 2.75) is 6.92 Å². The molecule has 0 spiro atoms. The molecule has 0 N–H and O–H groups in total. The summed E-state index contributed by atoms with van der Waals surface area (Å²) in [4.78, 5) is 22.1. The molecule has 3 heterocycles. The number of rotatable bonds is 2. The zero-order chi connectivity index (χ0) is 20.9. The maximum atomic E-state index is 12.5. The van der Waals surface area contributed by atoms with E-state index in [2.05, 4.69) is 0 Å². The second kappa shape index (κ2) is 7.59. The zero-order valence-corrected chi connectivity index (χ0v) is 18.0. The highest BCUT2D eigenvalue weighted by atomic mass is 35.5. The van der Waals surface area contributed by atoms with Crippen molar-refractivity contribution in [1.29, 1.82) is 0 Å². The van der Waals surface area contributed by atoms with Gasteiger partial charge >= 0.3 is 0 Å². The van der Waals surface area contributed by atoms with Gasteiger partial charge in [0.2, 0.25) is 5.91 Å². The van der Waals surface area contributed by atoms with Gasteiger partial charge in [-0.15, -0.1) is 12.4 Å². The molecule has 0 fully saturated rings. The predicted octanol–water partition coefficient (Wildman–Crippen LogP) is 5.65. The van der Waals surface area contributed by atoms with Gasteiger partial charge in [-0.05, 0) is 6.07 Å². The Balaban J connectivity index is 0.00000216. The molecule has 156 valence electrons. The number of imidazole rings is 1. The minimum Gasteiger partial charge on any atom is -0.274 e. The average molecular weight is 440 g/mol. The number of para-hydroxylation sites is 1. The highest BCUT2D eigenvalue weighted by Gasteiger charge is 2.22. The lowest BCUT2D eigenvalue weighted by Gasteiger charge is -2.05. The van der Waals surface area contributed by atoms with Gasteiger partial charge in [-0.2, -0.15) is 14.6 Å². The van der Waals surface area contributed by atoms with Gasteiger partial charge in [-0.25, -0.2) is 4.98 Å². The average Bonchev–Trinajstić information content (AvgIpc) is 3.34. The van der Waals surface area contributed by atoms with Crippen LogP contribution in [0.4, 0.5) is 0 Å². The van der Waals surface area contributed by atoms with Crippen LogP contribution in [0.2, 0.25) is 0 Å². The van der Waals surface area contributed by atoms with E-state index in [9.17, 15) is 4.79 Å². The second-order valence-corrected chi connectivity index (χ2v) is 7.41. The Bertz CT molecular complexity index is 1600. The third-order valence-corrected chi connectivity index (χ3v) is 5.48. The van der Waals surface area contributed by atoms with Gasteiger partial charge in [0, 0.05) is 23.4 Å². The normalized spacial score (nSPS) is 11.2. The monoisotopic (exact) mass is 439 g/mol. The number of hydrogen-bond acceptors (Lipinski definition) is 4. The summed E-state index contributed by atoms with van der Waals surface area (Å²) in [7, 11) is 0. The first-order valence-electron chi connectivity index (χ1n) is 10.0. The molecule has 0 aliphatic heterocycles. The Morgan fingerprint density at radius 2 is 1.41 bits per heavy atom. The summed E-state index contributed by atoms with van der Waals surface area (Å²) in [6, 6.07) is 27.8. The van der Waals surface area contributed by atoms with Crippen LogP contribution in [0.3, 0.4) is 0 Å². The molecule has 7 heteroatoms. The van der Waals surface area contributed by atoms with Gasteiger partial charge in [0.05, 0.1) is 5.52 Å². The first-order chi connectivity index (χ1) is 15.2. The van der Waals surface area contributed by atoms with Crippen LogP contribution in [0.5, 0.6) is 0 Å². The third kappa shape index (κ3) is 2.88. The van der Waals surface area contributed by atoms with Gasteiger partial charge in [0.15, 0.2) is 5.65 Å².